The highest BCUT2D eigenvalue weighted by atomic mass is 16.3. The van der Waals surface area contributed by atoms with E-state index in [-0.39, 0.29) is 18.6 Å². The lowest BCUT2D eigenvalue weighted by Crippen LogP contribution is -2.19. The van der Waals surface area contributed by atoms with Gasteiger partial charge >= 0.3 is 0 Å². The van der Waals surface area contributed by atoms with E-state index >= 15 is 0 Å². The van der Waals surface area contributed by atoms with Crippen LogP contribution in [0.4, 0.5) is 0 Å². The third kappa shape index (κ3) is 2.28. The molecule has 2 heteroatoms. The summed E-state index contributed by atoms with van der Waals surface area (Å²) in [5.74, 6) is 0.0278. The van der Waals surface area contributed by atoms with E-state index in [1.807, 2.05) is 13.8 Å². The zero-order valence-corrected chi connectivity index (χ0v) is 5.46. The van der Waals surface area contributed by atoms with Crippen molar-refractivity contribution in [1.82, 2.24) is 0 Å². The first-order valence-corrected chi connectivity index (χ1v) is 3.01. The monoisotopic (exact) mass is 118 g/mol. The molecule has 0 radical (unpaired) electrons. The molecule has 0 aliphatic carbocycles. The summed E-state index contributed by atoms with van der Waals surface area (Å²) in [7, 11) is 0. The topological polar surface area (TPSA) is 40.5 Å². The fraction of sp³-hybridized carbons (Fsp3) is 1.00. The minimum atomic E-state index is -0.333. The molecule has 2 atom stereocenters. The van der Waals surface area contributed by atoms with Crippen LogP contribution in [0.3, 0.4) is 0 Å². The normalized spacial score (nSPS) is 18.0. The zero-order chi connectivity index (χ0) is 6.57. The Morgan fingerprint density at radius 1 is 1.50 bits per heavy atom. The molecule has 8 heavy (non-hydrogen) atoms. The number of hydrogen-bond donors (Lipinski definition) is 2. The second-order valence-corrected chi connectivity index (χ2v) is 2.14. The van der Waals surface area contributed by atoms with E-state index in [2.05, 4.69) is 0 Å². The van der Waals surface area contributed by atoms with Crippen LogP contribution in [-0.4, -0.2) is 22.9 Å². The van der Waals surface area contributed by atoms with Crippen LogP contribution in [0.25, 0.3) is 0 Å². The van der Waals surface area contributed by atoms with Crippen molar-refractivity contribution in [3.05, 3.63) is 0 Å². The maximum Gasteiger partial charge on any atom is 0.0585 e. The molecule has 0 bridgehead atoms. The third-order valence-electron chi connectivity index (χ3n) is 1.36. The Morgan fingerprint density at radius 2 is 2.00 bits per heavy atom. The highest BCUT2D eigenvalue weighted by molar-refractivity contribution is 4.59. The maximum absolute atomic E-state index is 8.97. The molecule has 0 amide bonds. The summed E-state index contributed by atoms with van der Waals surface area (Å²) in [5, 5.41) is 17.4. The lowest BCUT2D eigenvalue weighted by Gasteiger charge is -2.12. The molecule has 0 aromatic heterocycles. The fourth-order valence-corrected chi connectivity index (χ4v) is 0.524. The number of aliphatic hydroxyl groups excluding tert-OH is 2. The lowest BCUT2D eigenvalue weighted by molar-refractivity contribution is 0.0744. The van der Waals surface area contributed by atoms with Gasteiger partial charge in [0.15, 0.2) is 0 Å². The van der Waals surface area contributed by atoms with Gasteiger partial charge in [0.2, 0.25) is 0 Å². The van der Waals surface area contributed by atoms with Crippen molar-refractivity contribution < 1.29 is 10.2 Å². The first-order chi connectivity index (χ1) is 3.72. The predicted octanol–water partition coefficient (Wildman–Crippen LogP) is 0.386. The summed E-state index contributed by atoms with van der Waals surface area (Å²) in [6.45, 7) is 3.81. The fourth-order valence-electron chi connectivity index (χ4n) is 0.524. The van der Waals surface area contributed by atoms with E-state index in [1.54, 1.807) is 0 Å². The molecule has 0 aromatic carbocycles. The van der Waals surface area contributed by atoms with Crippen LogP contribution in [0.5, 0.6) is 0 Å². The van der Waals surface area contributed by atoms with E-state index < -0.39 is 0 Å². The van der Waals surface area contributed by atoms with Crippen molar-refractivity contribution in [2.24, 2.45) is 5.92 Å². The summed E-state index contributed by atoms with van der Waals surface area (Å²) in [6, 6.07) is 0. The molecule has 0 saturated carbocycles. The first-order valence-electron chi connectivity index (χ1n) is 3.01. The van der Waals surface area contributed by atoms with E-state index in [4.69, 9.17) is 10.2 Å². The van der Waals surface area contributed by atoms with E-state index in [9.17, 15) is 0 Å². The lowest BCUT2D eigenvalue weighted by atomic mass is 10.0. The summed E-state index contributed by atoms with van der Waals surface area (Å²) >= 11 is 0. The average Bonchev–Trinajstić information content (AvgIpc) is 1.84. The van der Waals surface area contributed by atoms with Crippen LogP contribution < -0.4 is 0 Å². The molecule has 2 nitrogen and oxygen atoms in total. The number of hydrogen-bond acceptors (Lipinski definition) is 2. The third-order valence-corrected chi connectivity index (χ3v) is 1.36. The molecular weight excluding hydrogens is 104 g/mol. The van der Waals surface area contributed by atoms with Crippen LogP contribution in [0.2, 0.25) is 0 Å². The number of aliphatic hydroxyl groups is 2. The van der Waals surface area contributed by atoms with Gasteiger partial charge in [-0.3, -0.25) is 0 Å². The molecule has 0 fully saturated rings. The van der Waals surface area contributed by atoms with Crippen LogP contribution in [0.1, 0.15) is 20.3 Å². The van der Waals surface area contributed by atoms with Crippen molar-refractivity contribution in [2.75, 3.05) is 6.61 Å². The minimum absolute atomic E-state index is 0.0278. The van der Waals surface area contributed by atoms with Gasteiger partial charge in [-0.1, -0.05) is 13.8 Å². The van der Waals surface area contributed by atoms with Crippen molar-refractivity contribution >= 4 is 0 Å². The standard InChI is InChI=1S/C6H14O2/c1-3-6(8)5(2)4-7/h5-8H,3-4H2,1-2H3/t5-,6-/m0/s1. The van der Waals surface area contributed by atoms with Crippen LogP contribution in [0.15, 0.2) is 0 Å². The second kappa shape index (κ2) is 3.87. The predicted molar refractivity (Wildman–Crippen MR) is 32.5 cm³/mol. The minimum Gasteiger partial charge on any atom is -0.396 e. The van der Waals surface area contributed by atoms with Crippen molar-refractivity contribution in [3.63, 3.8) is 0 Å². The van der Waals surface area contributed by atoms with Gasteiger partial charge in [-0.25, -0.2) is 0 Å². The van der Waals surface area contributed by atoms with Crippen LogP contribution >= 0.6 is 0 Å². The quantitative estimate of drug-likeness (QED) is 0.562. The van der Waals surface area contributed by atoms with Gasteiger partial charge in [0.25, 0.3) is 0 Å². The van der Waals surface area contributed by atoms with Gasteiger partial charge in [-0.2, -0.15) is 0 Å². The van der Waals surface area contributed by atoms with Gasteiger partial charge in [-0.05, 0) is 6.42 Å². The Bertz CT molecular complexity index is 46.5. The molecule has 0 heterocycles. The second-order valence-electron chi connectivity index (χ2n) is 2.14. The summed E-state index contributed by atoms with van der Waals surface area (Å²) in [5.41, 5.74) is 0. The molecule has 2 N–H and O–H groups in total. The molecule has 0 unspecified atom stereocenters. The SMILES string of the molecule is CC[C@H](O)[C@@H](C)CO. The maximum atomic E-state index is 8.97. The van der Waals surface area contributed by atoms with Crippen LogP contribution in [0, 0.1) is 5.92 Å². The van der Waals surface area contributed by atoms with Crippen molar-refractivity contribution in [3.8, 4) is 0 Å². The number of rotatable bonds is 3. The summed E-state index contributed by atoms with van der Waals surface area (Å²) < 4.78 is 0. The molecule has 0 saturated heterocycles. The Labute approximate surface area is 50.2 Å². The first kappa shape index (κ1) is 7.92. The van der Waals surface area contributed by atoms with E-state index in [0.29, 0.717) is 0 Å². The summed E-state index contributed by atoms with van der Waals surface area (Å²) in [4.78, 5) is 0. The Kier molecular flexibility index (Phi) is 3.83. The van der Waals surface area contributed by atoms with Gasteiger partial charge in [0.1, 0.15) is 0 Å². The molecule has 0 aromatic rings. The Balaban J connectivity index is 3.29. The molecular formula is C6H14O2. The largest absolute Gasteiger partial charge is 0.396 e. The molecule has 0 aliphatic rings. The van der Waals surface area contributed by atoms with E-state index in [1.165, 1.54) is 0 Å². The van der Waals surface area contributed by atoms with Crippen molar-refractivity contribution in [1.29, 1.82) is 0 Å². The molecule has 0 spiro atoms. The molecule has 50 valence electrons. The Morgan fingerprint density at radius 3 is 2.12 bits per heavy atom. The average molecular weight is 118 g/mol. The Hall–Kier alpha value is -0.0800. The van der Waals surface area contributed by atoms with Gasteiger partial charge < -0.3 is 10.2 Å². The van der Waals surface area contributed by atoms with Crippen molar-refractivity contribution in [2.45, 2.75) is 26.4 Å². The van der Waals surface area contributed by atoms with Gasteiger partial charge in [0, 0.05) is 12.5 Å². The van der Waals surface area contributed by atoms with Crippen LogP contribution in [-0.2, 0) is 0 Å². The highest BCUT2D eigenvalue weighted by Gasteiger charge is 2.08. The van der Waals surface area contributed by atoms with Gasteiger partial charge in [0.05, 0.1) is 6.10 Å². The van der Waals surface area contributed by atoms with E-state index in [0.717, 1.165) is 6.42 Å². The summed E-state index contributed by atoms with van der Waals surface area (Å²) in [6.07, 6.45) is 0.391. The molecule has 0 aliphatic heterocycles. The smallest absolute Gasteiger partial charge is 0.0585 e. The molecule has 0 rings (SSSR count). The zero-order valence-electron chi connectivity index (χ0n) is 5.46. The highest BCUT2D eigenvalue weighted by Crippen LogP contribution is 2.03. The van der Waals surface area contributed by atoms with Gasteiger partial charge in [-0.15, -0.1) is 0 Å².